The molecule has 120 valence electrons. The molecule has 1 N–H and O–H groups in total. The highest BCUT2D eigenvalue weighted by molar-refractivity contribution is 5.88. The molecule has 0 aliphatic heterocycles. The van der Waals surface area contributed by atoms with Crippen molar-refractivity contribution in [1.82, 2.24) is 0 Å². The zero-order valence-electron chi connectivity index (χ0n) is 14.0. The van der Waals surface area contributed by atoms with Crippen LogP contribution in [0.4, 0.5) is 0 Å². The molecule has 0 unspecified atom stereocenters. The largest absolute Gasteiger partial charge is 0.478 e. The molecule has 0 spiro atoms. The Morgan fingerprint density at radius 2 is 1.78 bits per heavy atom. The Hall–Kier alpha value is -2.55. The number of aryl methyl sites for hydroxylation is 1. The number of rotatable bonds is 5. The number of carboxylic acid groups (broad SMARTS) is 1. The molecule has 0 fully saturated rings. The highest BCUT2D eigenvalue weighted by atomic mass is 16.5. The summed E-state index contributed by atoms with van der Waals surface area (Å²) >= 11 is 0. The first-order valence-corrected chi connectivity index (χ1v) is 7.71. The van der Waals surface area contributed by atoms with Crippen LogP contribution in [-0.2, 0) is 0 Å². The zero-order chi connectivity index (χ0) is 17.0. The van der Waals surface area contributed by atoms with Gasteiger partial charge >= 0.3 is 5.97 Å². The van der Waals surface area contributed by atoms with Crippen LogP contribution in [0.15, 0.2) is 48.0 Å². The van der Waals surface area contributed by atoms with Gasteiger partial charge in [0, 0.05) is 0 Å². The van der Waals surface area contributed by atoms with Gasteiger partial charge in [-0.2, -0.15) is 0 Å². The topological polar surface area (TPSA) is 46.5 Å². The monoisotopic (exact) mass is 310 g/mol. The van der Waals surface area contributed by atoms with E-state index in [2.05, 4.69) is 27.7 Å². The SMILES string of the molecule is CC/C(C)=C(/C)c1cc(Oc2cccc(C(=O)O)c2)ccc1C. The molecular formula is C20H22O3. The van der Waals surface area contributed by atoms with E-state index in [9.17, 15) is 4.79 Å². The van der Waals surface area contributed by atoms with Crippen molar-refractivity contribution in [1.29, 1.82) is 0 Å². The Labute approximate surface area is 137 Å². The van der Waals surface area contributed by atoms with Crippen LogP contribution in [-0.4, -0.2) is 11.1 Å². The molecule has 2 aromatic rings. The molecule has 0 amide bonds. The molecule has 0 saturated heterocycles. The zero-order valence-corrected chi connectivity index (χ0v) is 14.0. The van der Waals surface area contributed by atoms with Crippen molar-refractivity contribution in [2.45, 2.75) is 34.1 Å². The van der Waals surface area contributed by atoms with Crippen LogP contribution in [0.1, 0.15) is 48.7 Å². The fourth-order valence-electron chi connectivity index (χ4n) is 2.39. The summed E-state index contributed by atoms with van der Waals surface area (Å²) in [4.78, 5) is 11.0. The van der Waals surface area contributed by atoms with Crippen molar-refractivity contribution < 1.29 is 14.6 Å². The van der Waals surface area contributed by atoms with Gasteiger partial charge in [-0.3, -0.25) is 0 Å². The standard InChI is InChI=1S/C20H22O3/c1-5-13(2)15(4)19-12-18(10-9-14(19)3)23-17-8-6-7-16(11-17)20(21)22/h6-12H,5H2,1-4H3,(H,21,22)/b15-13-. The molecule has 2 aromatic carbocycles. The van der Waals surface area contributed by atoms with E-state index >= 15 is 0 Å². The molecule has 0 bridgehead atoms. The van der Waals surface area contributed by atoms with E-state index in [0.717, 1.165) is 12.0 Å². The van der Waals surface area contributed by atoms with E-state index in [0.29, 0.717) is 11.5 Å². The Balaban J connectivity index is 2.35. The summed E-state index contributed by atoms with van der Waals surface area (Å²) in [5.41, 5.74) is 5.18. The first-order valence-electron chi connectivity index (χ1n) is 7.71. The number of ether oxygens (including phenoxy) is 1. The van der Waals surface area contributed by atoms with Gasteiger partial charge in [-0.05, 0) is 74.2 Å². The number of carboxylic acids is 1. The predicted molar refractivity (Wildman–Crippen MR) is 93.2 cm³/mol. The third-order valence-electron chi connectivity index (χ3n) is 4.10. The van der Waals surface area contributed by atoms with Gasteiger partial charge in [-0.1, -0.05) is 24.6 Å². The number of allylic oxidation sites excluding steroid dienone is 2. The van der Waals surface area contributed by atoms with Gasteiger partial charge in [0.15, 0.2) is 0 Å². The summed E-state index contributed by atoms with van der Waals surface area (Å²) < 4.78 is 5.84. The highest BCUT2D eigenvalue weighted by Gasteiger charge is 2.08. The first-order chi connectivity index (χ1) is 10.9. The molecular weight excluding hydrogens is 288 g/mol. The van der Waals surface area contributed by atoms with Crippen molar-refractivity contribution in [2.75, 3.05) is 0 Å². The highest BCUT2D eigenvalue weighted by Crippen LogP contribution is 2.29. The average molecular weight is 310 g/mol. The van der Waals surface area contributed by atoms with Gasteiger partial charge in [0.2, 0.25) is 0 Å². The summed E-state index contributed by atoms with van der Waals surface area (Å²) in [6.45, 7) is 8.48. The van der Waals surface area contributed by atoms with Crippen molar-refractivity contribution >= 4 is 11.5 Å². The number of carbonyl (C=O) groups is 1. The molecule has 0 saturated carbocycles. The summed E-state index contributed by atoms with van der Waals surface area (Å²) in [7, 11) is 0. The molecule has 2 rings (SSSR count). The van der Waals surface area contributed by atoms with Crippen LogP contribution in [0.25, 0.3) is 5.57 Å². The predicted octanol–water partition coefficient (Wildman–Crippen LogP) is 5.69. The molecule has 3 heteroatoms. The Bertz CT molecular complexity index is 757. The fourth-order valence-corrected chi connectivity index (χ4v) is 2.39. The van der Waals surface area contributed by atoms with Gasteiger partial charge in [0.05, 0.1) is 5.56 Å². The number of benzene rings is 2. The summed E-state index contributed by atoms with van der Waals surface area (Å²) in [6, 6.07) is 12.5. The molecule has 23 heavy (non-hydrogen) atoms. The maximum atomic E-state index is 11.0. The van der Waals surface area contributed by atoms with E-state index in [1.807, 2.05) is 18.2 Å². The van der Waals surface area contributed by atoms with Crippen LogP contribution in [0.5, 0.6) is 11.5 Å². The van der Waals surface area contributed by atoms with E-state index < -0.39 is 5.97 Å². The van der Waals surface area contributed by atoms with Crippen LogP contribution in [0, 0.1) is 6.92 Å². The van der Waals surface area contributed by atoms with Crippen LogP contribution >= 0.6 is 0 Å². The van der Waals surface area contributed by atoms with Crippen molar-refractivity contribution in [3.8, 4) is 11.5 Å². The van der Waals surface area contributed by atoms with Gasteiger partial charge in [0.1, 0.15) is 11.5 Å². The third-order valence-corrected chi connectivity index (χ3v) is 4.10. The van der Waals surface area contributed by atoms with Crippen LogP contribution in [0.2, 0.25) is 0 Å². The van der Waals surface area contributed by atoms with E-state index in [4.69, 9.17) is 9.84 Å². The quantitative estimate of drug-likeness (QED) is 0.771. The number of hydrogen-bond acceptors (Lipinski definition) is 2. The third kappa shape index (κ3) is 4.01. The van der Waals surface area contributed by atoms with Gasteiger partial charge in [-0.25, -0.2) is 4.79 Å². The lowest BCUT2D eigenvalue weighted by Gasteiger charge is -2.13. The van der Waals surface area contributed by atoms with Gasteiger partial charge in [0.25, 0.3) is 0 Å². The lowest BCUT2D eigenvalue weighted by Crippen LogP contribution is -1.96. The Morgan fingerprint density at radius 3 is 2.43 bits per heavy atom. The molecule has 0 aliphatic rings. The molecule has 0 heterocycles. The fraction of sp³-hybridized carbons (Fsp3) is 0.250. The maximum Gasteiger partial charge on any atom is 0.335 e. The maximum absolute atomic E-state index is 11.0. The molecule has 0 aliphatic carbocycles. The number of aromatic carboxylic acids is 1. The second-order valence-electron chi connectivity index (χ2n) is 5.67. The van der Waals surface area contributed by atoms with Crippen molar-refractivity contribution in [3.05, 3.63) is 64.7 Å². The average Bonchev–Trinajstić information content (AvgIpc) is 2.55. The smallest absolute Gasteiger partial charge is 0.335 e. The Morgan fingerprint density at radius 1 is 1.09 bits per heavy atom. The lowest BCUT2D eigenvalue weighted by atomic mass is 9.96. The molecule has 0 aromatic heterocycles. The minimum atomic E-state index is -0.961. The summed E-state index contributed by atoms with van der Waals surface area (Å²) in [5, 5.41) is 9.06. The van der Waals surface area contributed by atoms with E-state index in [1.165, 1.54) is 22.8 Å². The minimum Gasteiger partial charge on any atom is -0.478 e. The van der Waals surface area contributed by atoms with E-state index in [1.54, 1.807) is 18.2 Å². The number of hydrogen-bond donors (Lipinski definition) is 1. The van der Waals surface area contributed by atoms with Crippen molar-refractivity contribution in [2.24, 2.45) is 0 Å². The molecule has 3 nitrogen and oxygen atoms in total. The van der Waals surface area contributed by atoms with Gasteiger partial charge in [-0.15, -0.1) is 0 Å². The lowest BCUT2D eigenvalue weighted by molar-refractivity contribution is 0.0696. The summed E-state index contributed by atoms with van der Waals surface area (Å²) in [5.74, 6) is 0.266. The minimum absolute atomic E-state index is 0.215. The normalized spacial score (nSPS) is 11.8. The van der Waals surface area contributed by atoms with Crippen molar-refractivity contribution in [3.63, 3.8) is 0 Å². The summed E-state index contributed by atoms with van der Waals surface area (Å²) in [6.07, 6.45) is 1.01. The van der Waals surface area contributed by atoms with E-state index in [-0.39, 0.29) is 5.56 Å². The molecule has 0 radical (unpaired) electrons. The van der Waals surface area contributed by atoms with Crippen LogP contribution < -0.4 is 4.74 Å². The first kappa shape index (κ1) is 16.8. The van der Waals surface area contributed by atoms with Gasteiger partial charge < -0.3 is 9.84 Å². The Kier molecular flexibility index (Phi) is 5.22. The van der Waals surface area contributed by atoms with Crippen LogP contribution in [0.3, 0.4) is 0 Å². The second-order valence-corrected chi connectivity index (χ2v) is 5.67. The molecule has 0 atom stereocenters. The second kappa shape index (κ2) is 7.14.